The lowest BCUT2D eigenvalue weighted by Gasteiger charge is -2.19. The maximum absolute atomic E-state index is 11.9. The highest BCUT2D eigenvalue weighted by Crippen LogP contribution is 2.07. The summed E-state index contributed by atoms with van der Waals surface area (Å²) in [5.74, 6) is -0.0724. The molecule has 0 aliphatic carbocycles. The average Bonchev–Trinajstić information content (AvgIpc) is 2.44. The maximum atomic E-state index is 11.9. The van der Waals surface area contributed by atoms with Crippen LogP contribution < -0.4 is 11.1 Å². The number of nitrogens with one attached hydrogen (secondary N) is 1. The van der Waals surface area contributed by atoms with Gasteiger partial charge in [-0.1, -0.05) is 37.3 Å². The molecule has 0 saturated carbocycles. The Balaban J connectivity index is 2.45. The smallest absolute Gasteiger partial charge is 0.223 e. The molecule has 1 aromatic rings. The van der Waals surface area contributed by atoms with Crippen molar-refractivity contribution < 1.29 is 9.90 Å². The van der Waals surface area contributed by atoms with Crippen LogP contribution in [0.1, 0.15) is 25.3 Å². The predicted molar refractivity (Wildman–Crippen MR) is 76.6 cm³/mol. The summed E-state index contributed by atoms with van der Waals surface area (Å²) in [4.78, 5) is 11.9. The Bertz CT molecular complexity index is 368. The van der Waals surface area contributed by atoms with Gasteiger partial charge in [0, 0.05) is 5.92 Å². The molecule has 0 bridgehead atoms. The van der Waals surface area contributed by atoms with E-state index in [0.717, 1.165) is 18.4 Å². The van der Waals surface area contributed by atoms with Crippen LogP contribution in [0.3, 0.4) is 0 Å². The van der Waals surface area contributed by atoms with Crippen molar-refractivity contribution >= 4 is 5.91 Å². The minimum absolute atomic E-state index is 0.0107. The van der Waals surface area contributed by atoms with Crippen molar-refractivity contribution in [3.05, 3.63) is 35.9 Å². The van der Waals surface area contributed by atoms with E-state index < -0.39 is 0 Å². The summed E-state index contributed by atoms with van der Waals surface area (Å²) in [5, 5.41) is 12.3. The Hall–Kier alpha value is -1.39. The molecule has 4 N–H and O–H groups in total. The average molecular weight is 264 g/mol. The highest BCUT2D eigenvalue weighted by Gasteiger charge is 2.17. The molecule has 1 rings (SSSR count). The Morgan fingerprint density at radius 3 is 2.63 bits per heavy atom. The fourth-order valence-electron chi connectivity index (χ4n) is 1.96. The van der Waals surface area contributed by atoms with E-state index in [1.165, 1.54) is 0 Å². The first-order valence-electron chi connectivity index (χ1n) is 6.82. The SMILES string of the molecule is CC(CCCN)C(=O)N[C@@H](CO)Cc1ccccc1. The van der Waals surface area contributed by atoms with E-state index in [0.29, 0.717) is 13.0 Å². The molecule has 19 heavy (non-hydrogen) atoms. The van der Waals surface area contributed by atoms with E-state index in [4.69, 9.17) is 5.73 Å². The molecule has 106 valence electrons. The van der Waals surface area contributed by atoms with Crippen LogP contribution in [0.15, 0.2) is 30.3 Å². The number of hydrogen-bond acceptors (Lipinski definition) is 3. The largest absolute Gasteiger partial charge is 0.394 e. The van der Waals surface area contributed by atoms with Gasteiger partial charge in [-0.3, -0.25) is 4.79 Å². The Morgan fingerprint density at radius 1 is 1.37 bits per heavy atom. The second-order valence-electron chi connectivity index (χ2n) is 4.91. The summed E-state index contributed by atoms with van der Waals surface area (Å²) < 4.78 is 0. The number of aliphatic hydroxyl groups excluding tert-OH is 1. The lowest BCUT2D eigenvalue weighted by Crippen LogP contribution is -2.41. The third-order valence-electron chi connectivity index (χ3n) is 3.18. The summed E-state index contributed by atoms with van der Waals surface area (Å²) in [6, 6.07) is 9.62. The quantitative estimate of drug-likeness (QED) is 0.657. The molecule has 1 aromatic carbocycles. The highest BCUT2D eigenvalue weighted by atomic mass is 16.3. The van der Waals surface area contributed by atoms with Crippen LogP contribution in [0, 0.1) is 5.92 Å². The fraction of sp³-hybridized carbons (Fsp3) is 0.533. The van der Waals surface area contributed by atoms with Gasteiger partial charge in [-0.05, 0) is 31.4 Å². The first-order valence-corrected chi connectivity index (χ1v) is 6.82. The molecule has 1 unspecified atom stereocenters. The molecule has 0 spiro atoms. The number of rotatable bonds is 8. The zero-order chi connectivity index (χ0) is 14.1. The molecule has 0 heterocycles. The molecular formula is C15H24N2O2. The van der Waals surface area contributed by atoms with Gasteiger partial charge in [-0.25, -0.2) is 0 Å². The van der Waals surface area contributed by atoms with E-state index in [1.54, 1.807) is 0 Å². The van der Waals surface area contributed by atoms with Crippen molar-refractivity contribution in [2.75, 3.05) is 13.2 Å². The number of benzene rings is 1. The van der Waals surface area contributed by atoms with Gasteiger partial charge in [0.15, 0.2) is 0 Å². The standard InChI is InChI=1S/C15H24N2O2/c1-12(6-5-9-16)15(19)17-14(11-18)10-13-7-3-2-4-8-13/h2-4,7-8,12,14,18H,5-6,9-11,16H2,1H3,(H,17,19)/t12?,14-/m1/s1. The van der Waals surface area contributed by atoms with Crippen molar-refractivity contribution in [2.24, 2.45) is 11.7 Å². The van der Waals surface area contributed by atoms with Crippen molar-refractivity contribution in [1.82, 2.24) is 5.32 Å². The second kappa shape index (κ2) is 8.67. The second-order valence-corrected chi connectivity index (χ2v) is 4.91. The number of amides is 1. The van der Waals surface area contributed by atoms with Gasteiger partial charge in [-0.15, -0.1) is 0 Å². The predicted octanol–water partition coefficient (Wildman–Crippen LogP) is 1.08. The topological polar surface area (TPSA) is 75.4 Å². The summed E-state index contributed by atoms with van der Waals surface area (Å²) in [5.41, 5.74) is 6.54. The number of hydrogen-bond donors (Lipinski definition) is 3. The van der Waals surface area contributed by atoms with Gasteiger partial charge in [0.1, 0.15) is 0 Å². The van der Waals surface area contributed by atoms with Crippen LogP contribution in [0.5, 0.6) is 0 Å². The molecule has 4 heteroatoms. The normalized spacial score (nSPS) is 13.8. The number of nitrogens with two attached hydrogens (primary N) is 1. The van der Waals surface area contributed by atoms with E-state index in [-0.39, 0.29) is 24.5 Å². The molecule has 0 aromatic heterocycles. The van der Waals surface area contributed by atoms with Gasteiger partial charge in [0.2, 0.25) is 5.91 Å². The summed E-state index contributed by atoms with van der Waals surface area (Å²) in [6.07, 6.45) is 2.27. The number of carbonyl (C=O) groups excluding carboxylic acids is 1. The van der Waals surface area contributed by atoms with Crippen LogP contribution in [-0.2, 0) is 11.2 Å². The van der Waals surface area contributed by atoms with Crippen molar-refractivity contribution in [3.63, 3.8) is 0 Å². The number of aliphatic hydroxyl groups is 1. The Labute approximate surface area is 115 Å². The molecule has 1 amide bonds. The van der Waals surface area contributed by atoms with Crippen LogP contribution in [0.2, 0.25) is 0 Å². The Morgan fingerprint density at radius 2 is 2.05 bits per heavy atom. The van der Waals surface area contributed by atoms with Gasteiger partial charge < -0.3 is 16.2 Å². The van der Waals surface area contributed by atoms with Crippen LogP contribution >= 0.6 is 0 Å². The first kappa shape index (κ1) is 15.7. The molecule has 0 radical (unpaired) electrons. The lowest BCUT2D eigenvalue weighted by molar-refractivity contribution is -0.125. The van der Waals surface area contributed by atoms with E-state index in [2.05, 4.69) is 5.32 Å². The van der Waals surface area contributed by atoms with Gasteiger partial charge in [-0.2, -0.15) is 0 Å². The van der Waals surface area contributed by atoms with Crippen molar-refractivity contribution in [3.8, 4) is 0 Å². The van der Waals surface area contributed by atoms with E-state index in [1.807, 2.05) is 37.3 Å². The lowest BCUT2D eigenvalue weighted by atomic mass is 10.0. The maximum Gasteiger partial charge on any atom is 0.223 e. The molecule has 0 saturated heterocycles. The summed E-state index contributed by atoms with van der Waals surface area (Å²) in [7, 11) is 0. The van der Waals surface area contributed by atoms with Gasteiger partial charge in [0.25, 0.3) is 0 Å². The molecule has 4 nitrogen and oxygen atoms in total. The third kappa shape index (κ3) is 5.85. The minimum Gasteiger partial charge on any atom is -0.394 e. The third-order valence-corrected chi connectivity index (χ3v) is 3.18. The van der Waals surface area contributed by atoms with Crippen molar-refractivity contribution in [2.45, 2.75) is 32.2 Å². The highest BCUT2D eigenvalue weighted by molar-refractivity contribution is 5.78. The van der Waals surface area contributed by atoms with E-state index >= 15 is 0 Å². The molecule has 0 fully saturated rings. The molecule has 0 aliphatic heterocycles. The van der Waals surface area contributed by atoms with Gasteiger partial charge in [0.05, 0.1) is 12.6 Å². The van der Waals surface area contributed by atoms with Crippen LogP contribution in [-0.4, -0.2) is 30.2 Å². The summed E-state index contributed by atoms with van der Waals surface area (Å²) in [6.45, 7) is 2.44. The van der Waals surface area contributed by atoms with Crippen LogP contribution in [0.25, 0.3) is 0 Å². The van der Waals surface area contributed by atoms with E-state index in [9.17, 15) is 9.90 Å². The first-order chi connectivity index (χ1) is 9.17. The van der Waals surface area contributed by atoms with Crippen LogP contribution in [0.4, 0.5) is 0 Å². The molecule has 2 atom stereocenters. The zero-order valence-electron chi connectivity index (χ0n) is 11.5. The van der Waals surface area contributed by atoms with Gasteiger partial charge >= 0.3 is 0 Å². The number of carbonyl (C=O) groups is 1. The summed E-state index contributed by atoms with van der Waals surface area (Å²) >= 11 is 0. The minimum atomic E-state index is -0.227. The zero-order valence-corrected chi connectivity index (χ0v) is 11.5. The van der Waals surface area contributed by atoms with Crippen molar-refractivity contribution in [1.29, 1.82) is 0 Å². The molecular weight excluding hydrogens is 240 g/mol. The monoisotopic (exact) mass is 264 g/mol. The fourth-order valence-corrected chi connectivity index (χ4v) is 1.96. The Kier molecular flexibility index (Phi) is 7.15. The molecule has 0 aliphatic rings.